The lowest BCUT2D eigenvalue weighted by Crippen LogP contribution is -2.44. The lowest BCUT2D eigenvalue weighted by Gasteiger charge is -2.17. The van der Waals surface area contributed by atoms with Crippen LogP contribution in [0.5, 0.6) is 0 Å². The number of carbonyl (C=O) groups is 2. The third-order valence-electron chi connectivity index (χ3n) is 2.72. The molecule has 1 aliphatic rings. The second-order valence-corrected chi connectivity index (χ2v) is 4.23. The SMILES string of the molecule is C[C@H](C#N)C[C@@H](NC(=O)[C@H]1CCOC1)C(=O)O. The number of carbonyl (C=O) groups excluding carboxylic acids is 1. The summed E-state index contributed by atoms with van der Waals surface area (Å²) >= 11 is 0. The second kappa shape index (κ2) is 6.21. The Kier molecular flexibility index (Phi) is 4.91. The van der Waals surface area contributed by atoms with Gasteiger partial charge in [-0.05, 0) is 19.8 Å². The molecule has 0 aromatic heterocycles. The van der Waals surface area contributed by atoms with Gasteiger partial charge in [0.1, 0.15) is 6.04 Å². The Morgan fingerprint density at radius 1 is 1.65 bits per heavy atom. The van der Waals surface area contributed by atoms with Gasteiger partial charge >= 0.3 is 5.97 Å². The standard InChI is InChI=1S/C11H16N2O4/c1-7(5-12)4-9(11(15)16)13-10(14)8-2-3-17-6-8/h7-9H,2-4,6H2,1H3,(H,13,14)(H,15,16)/t7-,8-,9+/m0/s1. The molecule has 3 atom stereocenters. The third-order valence-corrected chi connectivity index (χ3v) is 2.72. The Balaban J connectivity index is 2.51. The molecule has 1 saturated heterocycles. The highest BCUT2D eigenvalue weighted by molar-refractivity contribution is 5.85. The maximum atomic E-state index is 11.7. The zero-order valence-electron chi connectivity index (χ0n) is 9.68. The summed E-state index contributed by atoms with van der Waals surface area (Å²) in [6.45, 7) is 2.50. The fourth-order valence-electron chi connectivity index (χ4n) is 1.66. The van der Waals surface area contributed by atoms with Gasteiger partial charge in [0.2, 0.25) is 5.91 Å². The van der Waals surface area contributed by atoms with Crippen LogP contribution in [-0.2, 0) is 14.3 Å². The number of nitrogens with one attached hydrogen (secondary N) is 1. The molecule has 0 bridgehead atoms. The zero-order valence-corrected chi connectivity index (χ0v) is 9.68. The van der Waals surface area contributed by atoms with Crippen LogP contribution in [0.25, 0.3) is 0 Å². The molecule has 6 heteroatoms. The summed E-state index contributed by atoms with van der Waals surface area (Å²) in [5, 5.41) is 20.0. The van der Waals surface area contributed by atoms with Crippen molar-refractivity contribution in [1.29, 1.82) is 5.26 Å². The predicted octanol–water partition coefficient (Wildman–Crippen LogP) is 0.142. The summed E-state index contributed by atoms with van der Waals surface area (Å²) in [7, 11) is 0. The molecule has 6 nitrogen and oxygen atoms in total. The molecule has 17 heavy (non-hydrogen) atoms. The highest BCUT2D eigenvalue weighted by atomic mass is 16.5. The van der Waals surface area contributed by atoms with Gasteiger partial charge in [-0.2, -0.15) is 5.26 Å². The molecule has 0 radical (unpaired) electrons. The Hall–Kier alpha value is -1.61. The van der Waals surface area contributed by atoms with Crippen LogP contribution < -0.4 is 5.32 Å². The number of nitriles is 1. The van der Waals surface area contributed by atoms with Crippen LogP contribution in [0.4, 0.5) is 0 Å². The molecule has 2 N–H and O–H groups in total. The molecule has 0 aromatic rings. The summed E-state index contributed by atoms with van der Waals surface area (Å²) in [6, 6.07) is 0.952. The van der Waals surface area contributed by atoms with E-state index in [1.807, 2.05) is 6.07 Å². The van der Waals surface area contributed by atoms with E-state index in [0.717, 1.165) is 0 Å². The molecule has 0 aromatic carbocycles. The minimum atomic E-state index is -1.11. The number of amides is 1. The minimum Gasteiger partial charge on any atom is -0.480 e. The van der Waals surface area contributed by atoms with Gasteiger partial charge in [0, 0.05) is 12.5 Å². The first kappa shape index (κ1) is 13.5. The van der Waals surface area contributed by atoms with Crippen molar-refractivity contribution in [2.24, 2.45) is 11.8 Å². The van der Waals surface area contributed by atoms with Crippen LogP contribution in [0.1, 0.15) is 19.8 Å². The molecule has 1 heterocycles. The lowest BCUT2D eigenvalue weighted by molar-refractivity contribution is -0.142. The number of carboxylic acids is 1. The molecule has 1 aliphatic heterocycles. The number of ether oxygens (including phenoxy) is 1. The van der Waals surface area contributed by atoms with Gasteiger partial charge in [0.05, 0.1) is 18.6 Å². The van der Waals surface area contributed by atoms with Gasteiger partial charge in [-0.1, -0.05) is 0 Å². The van der Waals surface area contributed by atoms with Gasteiger partial charge < -0.3 is 15.2 Å². The quantitative estimate of drug-likeness (QED) is 0.712. The van der Waals surface area contributed by atoms with Crippen molar-refractivity contribution < 1.29 is 19.4 Å². The molecule has 0 saturated carbocycles. The maximum Gasteiger partial charge on any atom is 0.326 e. The van der Waals surface area contributed by atoms with Crippen molar-refractivity contribution in [2.75, 3.05) is 13.2 Å². The highest BCUT2D eigenvalue weighted by Crippen LogP contribution is 2.13. The third kappa shape index (κ3) is 4.04. The van der Waals surface area contributed by atoms with Crippen molar-refractivity contribution in [3.63, 3.8) is 0 Å². The van der Waals surface area contributed by atoms with Crippen LogP contribution >= 0.6 is 0 Å². The topological polar surface area (TPSA) is 99.4 Å². The number of hydrogen-bond donors (Lipinski definition) is 2. The summed E-state index contributed by atoms with van der Waals surface area (Å²) in [6.07, 6.45) is 0.733. The Morgan fingerprint density at radius 2 is 2.35 bits per heavy atom. The molecule has 1 amide bonds. The van der Waals surface area contributed by atoms with Gasteiger partial charge in [0.15, 0.2) is 0 Å². The average molecular weight is 240 g/mol. The van der Waals surface area contributed by atoms with Gasteiger partial charge in [0.25, 0.3) is 0 Å². The van der Waals surface area contributed by atoms with Gasteiger partial charge in [-0.15, -0.1) is 0 Å². The first-order valence-corrected chi connectivity index (χ1v) is 5.55. The Labute approximate surface area is 99.6 Å². The number of carboxylic acid groups (broad SMARTS) is 1. The zero-order chi connectivity index (χ0) is 12.8. The number of aliphatic carboxylic acids is 1. The molecule has 0 unspecified atom stereocenters. The maximum absolute atomic E-state index is 11.7. The van der Waals surface area contributed by atoms with E-state index in [1.165, 1.54) is 0 Å². The van der Waals surface area contributed by atoms with Gasteiger partial charge in [-0.25, -0.2) is 4.79 Å². The highest BCUT2D eigenvalue weighted by Gasteiger charge is 2.28. The van der Waals surface area contributed by atoms with E-state index in [2.05, 4.69) is 5.32 Å². The van der Waals surface area contributed by atoms with E-state index >= 15 is 0 Å². The first-order valence-electron chi connectivity index (χ1n) is 5.55. The van der Waals surface area contributed by atoms with E-state index in [9.17, 15) is 9.59 Å². The molecule has 94 valence electrons. The monoisotopic (exact) mass is 240 g/mol. The lowest BCUT2D eigenvalue weighted by atomic mass is 10.0. The number of nitrogens with zero attached hydrogens (tertiary/aromatic N) is 1. The van der Waals surface area contributed by atoms with Crippen LogP contribution in [-0.4, -0.2) is 36.2 Å². The molecule has 0 aliphatic carbocycles. The summed E-state index contributed by atoms with van der Waals surface area (Å²) < 4.78 is 5.06. The summed E-state index contributed by atoms with van der Waals surface area (Å²) in [4.78, 5) is 22.6. The fourth-order valence-corrected chi connectivity index (χ4v) is 1.66. The molecule has 0 spiro atoms. The first-order chi connectivity index (χ1) is 8.04. The van der Waals surface area contributed by atoms with Crippen molar-refractivity contribution in [1.82, 2.24) is 5.32 Å². The Morgan fingerprint density at radius 3 is 2.82 bits per heavy atom. The van der Waals surface area contributed by atoms with Crippen molar-refractivity contribution >= 4 is 11.9 Å². The predicted molar refractivity (Wildman–Crippen MR) is 57.9 cm³/mol. The van der Waals surface area contributed by atoms with Crippen LogP contribution in [0.2, 0.25) is 0 Å². The molecular weight excluding hydrogens is 224 g/mol. The van der Waals surface area contributed by atoms with Crippen molar-refractivity contribution in [2.45, 2.75) is 25.8 Å². The van der Waals surface area contributed by atoms with Crippen LogP contribution in [0, 0.1) is 23.2 Å². The normalized spacial score (nSPS) is 22.5. The Bertz CT molecular complexity index is 331. The van der Waals surface area contributed by atoms with E-state index in [1.54, 1.807) is 6.92 Å². The largest absolute Gasteiger partial charge is 0.480 e. The number of hydrogen-bond acceptors (Lipinski definition) is 4. The van der Waals surface area contributed by atoms with E-state index in [4.69, 9.17) is 15.1 Å². The average Bonchev–Trinajstić information content (AvgIpc) is 2.81. The molecule has 1 fully saturated rings. The van der Waals surface area contributed by atoms with E-state index in [0.29, 0.717) is 19.6 Å². The molecular formula is C11H16N2O4. The summed E-state index contributed by atoms with van der Waals surface area (Å²) in [5.74, 6) is -2.09. The smallest absolute Gasteiger partial charge is 0.326 e. The van der Waals surface area contributed by atoms with Crippen LogP contribution in [0.15, 0.2) is 0 Å². The van der Waals surface area contributed by atoms with Crippen LogP contribution in [0.3, 0.4) is 0 Å². The number of rotatable bonds is 5. The van der Waals surface area contributed by atoms with E-state index in [-0.39, 0.29) is 18.2 Å². The van der Waals surface area contributed by atoms with Crippen molar-refractivity contribution in [3.8, 4) is 6.07 Å². The van der Waals surface area contributed by atoms with Crippen molar-refractivity contribution in [3.05, 3.63) is 0 Å². The molecule has 1 rings (SSSR count). The van der Waals surface area contributed by atoms with Gasteiger partial charge in [-0.3, -0.25) is 4.79 Å². The fraction of sp³-hybridized carbons (Fsp3) is 0.727. The van der Waals surface area contributed by atoms with E-state index < -0.39 is 17.9 Å². The summed E-state index contributed by atoms with van der Waals surface area (Å²) in [5.41, 5.74) is 0. The second-order valence-electron chi connectivity index (χ2n) is 4.23. The minimum absolute atomic E-state index is 0.116.